The molecule has 0 spiro atoms. The summed E-state index contributed by atoms with van der Waals surface area (Å²) in [6.45, 7) is 6.07. The number of hydrogen-bond donors (Lipinski definition) is 2. The van der Waals surface area contributed by atoms with Gasteiger partial charge in [0.15, 0.2) is 0 Å². The number of rotatable bonds is 6. The molecule has 16 heavy (non-hydrogen) atoms. The van der Waals surface area contributed by atoms with E-state index in [-0.39, 0.29) is 5.91 Å². The van der Waals surface area contributed by atoms with Crippen LogP contribution in [0.2, 0.25) is 0 Å². The highest BCUT2D eigenvalue weighted by Crippen LogP contribution is 2.18. The number of hydrogen-bond acceptors (Lipinski definition) is 3. The molecule has 1 atom stereocenters. The minimum Gasteiger partial charge on any atom is -0.352 e. The molecule has 1 saturated carbocycles. The van der Waals surface area contributed by atoms with Crippen molar-refractivity contribution in [1.82, 2.24) is 15.5 Å². The van der Waals surface area contributed by atoms with E-state index in [1.807, 2.05) is 0 Å². The van der Waals surface area contributed by atoms with E-state index >= 15 is 0 Å². The number of carbonyl (C=O) groups excluding carboxylic acids is 1. The van der Waals surface area contributed by atoms with Gasteiger partial charge in [-0.1, -0.05) is 0 Å². The number of nitrogens with zero attached hydrogens (tertiary/aromatic N) is 1. The molecule has 1 saturated heterocycles. The van der Waals surface area contributed by atoms with E-state index in [0.717, 1.165) is 38.6 Å². The molecule has 4 nitrogen and oxygen atoms in total. The smallest absolute Gasteiger partial charge is 0.217 e. The van der Waals surface area contributed by atoms with Crippen LogP contribution >= 0.6 is 0 Å². The highest BCUT2D eigenvalue weighted by Gasteiger charge is 2.23. The number of amides is 1. The molecule has 0 aromatic rings. The highest BCUT2D eigenvalue weighted by atomic mass is 16.1. The molecule has 0 bridgehead atoms. The van der Waals surface area contributed by atoms with Gasteiger partial charge in [-0.3, -0.25) is 4.79 Å². The van der Waals surface area contributed by atoms with Crippen molar-refractivity contribution >= 4 is 5.91 Å². The van der Waals surface area contributed by atoms with Crippen LogP contribution in [-0.4, -0.2) is 49.1 Å². The molecule has 92 valence electrons. The Hall–Kier alpha value is -0.610. The topological polar surface area (TPSA) is 44.4 Å². The normalized spacial score (nSPS) is 25.9. The van der Waals surface area contributed by atoms with Crippen molar-refractivity contribution in [2.24, 2.45) is 0 Å². The molecule has 2 fully saturated rings. The van der Waals surface area contributed by atoms with Crippen LogP contribution in [0.4, 0.5) is 0 Å². The van der Waals surface area contributed by atoms with E-state index in [1.165, 1.54) is 19.3 Å². The van der Waals surface area contributed by atoms with Gasteiger partial charge in [-0.25, -0.2) is 0 Å². The maximum absolute atomic E-state index is 10.9. The molecule has 1 amide bonds. The monoisotopic (exact) mass is 225 g/mol. The SMILES string of the molecule is CC(=O)NC1CCN(CCCNC2CC2)C1. The molecular formula is C12H23N3O. The van der Waals surface area contributed by atoms with Crippen LogP contribution in [-0.2, 0) is 4.79 Å². The zero-order valence-electron chi connectivity index (χ0n) is 10.2. The van der Waals surface area contributed by atoms with E-state index in [9.17, 15) is 4.79 Å². The third kappa shape index (κ3) is 4.10. The average Bonchev–Trinajstić information content (AvgIpc) is 2.95. The average molecular weight is 225 g/mol. The summed E-state index contributed by atoms with van der Waals surface area (Å²) in [5.74, 6) is 0.0993. The summed E-state index contributed by atoms with van der Waals surface area (Å²) >= 11 is 0. The highest BCUT2D eigenvalue weighted by molar-refractivity contribution is 5.73. The van der Waals surface area contributed by atoms with Gasteiger partial charge in [-0.15, -0.1) is 0 Å². The second-order valence-corrected chi connectivity index (χ2v) is 5.07. The van der Waals surface area contributed by atoms with Crippen LogP contribution in [0.25, 0.3) is 0 Å². The molecule has 0 aromatic carbocycles. The van der Waals surface area contributed by atoms with E-state index in [1.54, 1.807) is 6.92 Å². The molecule has 4 heteroatoms. The molecular weight excluding hydrogens is 202 g/mol. The van der Waals surface area contributed by atoms with E-state index in [0.29, 0.717) is 6.04 Å². The lowest BCUT2D eigenvalue weighted by Crippen LogP contribution is -2.36. The van der Waals surface area contributed by atoms with Crippen molar-refractivity contribution in [3.8, 4) is 0 Å². The largest absolute Gasteiger partial charge is 0.352 e. The zero-order chi connectivity index (χ0) is 11.4. The molecule has 2 N–H and O–H groups in total. The predicted molar refractivity (Wildman–Crippen MR) is 64.3 cm³/mol. The second-order valence-electron chi connectivity index (χ2n) is 5.07. The van der Waals surface area contributed by atoms with Crippen LogP contribution in [0, 0.1) is 0 Å². The molecule has 2 aliphatic rings. The van der Waals surface area contributed by atoms with Gasteiger partial charge in [0, 0.05) is 32.1 Å². The maximum atomic E-state index is 10.9. The van der Waals surface area contributed by atoms with Gasteiger partial charge in [0.05, 0.1) is 0 Å². The van der Waals surface area contributed by atoms with Crippen LogP contribution in [0.3, 0.4) is 0 Å². The molecule has 0 radical (unpaired) electrons. The van der Waals surface area contributed by atoms with Gasteiger partial charge in [0.1, 0.15) is 0 Å². The summed E-state index contributed by atoms with van der Waals surface area (Å²) in [5, 5.41) is 6.52. The first-order chi connectivity index (χ1) is 7.74. The third-order valence-corrected chi connectivity index (χ3v) is 3.34. The maximum Gasteiger partial charge on any atom is 0.217 e. The molecule has 1 unspecified atom stereocenters. The van der Waals surface area contributed by atoms with Gasteiger partial charge >= 0.3 is 0 Å². The first-order valence-electron chi connectivity index (χ1n) is 6.47. The minimum atomic E-state index is 0.0993. The number of carbonyl (C=O) groups is 1. The third-order valence-electron chi connectivity index (χ3n) is 3.34. The van der Waals surface area contributed by atoms with E-state index in [4.69, 9.17) is 0 Å². The quantitative estimate of drug-likeness (QED) is 0.641. The fourth-order valence-electron chi connectivity index (χ4n) is 2.34. The fourth-order valence-corrected chi connectivity index (χ4v) is 2.34. The van der Waals surface area contributed by atoms with Crippen LogP contribution in [0.15, 0.2) is 0 Å². The molecule has 1 heterocycles. The summed E-state index contributed by atoms with van der Waals surface area (Å²) in [5.41, 5.74) is 0. The Kier molecular flexibility index (Phi) is 4.18. The summed E-state index contributed by atoms with van der Waals surface area (Å²) in [7, 11) is 0. The Morgan fingerprint density at radius 2 is 2.12 bits per heavy atom. The van der Waals surface area contributed by atoms with Crippen molar-refractivity contribution in [3.63, 3.8) is 0 Å². The lowest BCUT2D eigenvalue weighted by molar-refractivity contribution is -0.119. The van der Waals surface area contributed by atoms with Crippen molar-refractivity contribution in [2.75, 3.05) is 26.2 Å². The van der Waals surface area contributed by atoms with Crippen molar-refractivity contribution in [3.05, 3.63) is 0 Å². The molecule has 1 aliphatic heterocycles. The summed E-state index contributed by atoms with van der Waals surface area (Å²) in [4.78, 5) is 13.4. The van der Waals surface area contributed by atoms with Gasteiger partial charge < -0.3 is 15.5 Å². The van der Waals surface area contributed by atoms with Gasteiger partial charge in [-0.2, -0.15) is 0 Å². The van der Waals surface area contributed by atoms with Crippen LogP contribution < -0.4 is 10.6 Å². The summed E-state index contributed by atoms with van der Waals surface area (Å²) < 4.78 is 0. The Bertz CT molecular complexity index is 240. The van der Waals surface area contributed by atoms with Crippen LogP contribution in [0.5, 0.6) is 0 Å². The Labute approximate surface area is 97.8 Å². The summed E-state index contributed by atoms with van der Waals surface area (Å²) in [6, 6.07) is 1.21. The van der Waals surface area contributed by atoms with Gasteiger partial charge in [0.2, 0.25) is 5.91 Å². The molecule has 0 aromatic heterocycles. The zero-order valence-corrected chi connectivity index (χ0v) is 10.2. The van der Waals surface area contributed by atoms with E-state index in [2.05, 4.69) is 15.5 Å². The molecule has 1 aliphatic carbocycles. The number of nitrogens with one attached hydrogen (secondary N) is 2. The summed E-state index contributed by atoms with van der Waals surface area (Å²) in [6.07, 6.45) is 5.07. The lowest BCUT2D eigenvalue weighted by Gasteiger charge is -2.16. The Morgan fingerprint density at radius 1 is 1.31 bits per heavy atom. The van der Waals surface area contributed by atoms with E-state index < -0.39 is 0 Å². The lowest BCUT2D eigenvalue weighted by atomic mass is 10.2. The van der Waals surface area contributed by atoms with Gasteiger partial charge in [-0.05, 0) is 38.8 Å². The fraction of sp³-hybridized carbons (Fsp3) is 0.917. The molecule has 2 rings (SSSR count). The number of likely N-dealkylation sites (tertiary alicyclic amines) is 1. The standard InChI is InChI=1S/C12H23N3O/c1-10(16)14-12-5-8-15(9-12)7-2-6-13-11-3-4-11/h11-13H,2-9H2,1H3,(H,14,16). The van der Waals surface area contributed by atoms with Crippen molar-refractivity contribution in [1.29, 1.82) is 0 Å². The van der Waals surface area contributed by atoms with Gasteiger partial charge in [0.25, 0.3) is 0 Å². The second kappa shape index (κ2) is 5.64. The van der Waals surface area contributed by atoms with Crippen molar-refractivity contribution < 1.29 is 4.79 Å². The Morgan fingerprint density at radius 3 is 2.81 bits per heavy atom. The van der Waals surface area contributed by atoms with Crippen molar-refractivity contribution in [2.45, 2.75) is 44.7 Å². The predicted octanol–water partition coefficient (Wildman–Crippen LogP) is 0.339. The first kappa shape index (κ1) is 11.9. The Balaban J connectivity index is 1.51. The van der Waals surface area contributed by atoms with Crippen LogP contribution in [0.1, 0.15) is 32.6 Å². The minimum absolute atomic E-state index is 0.0993. The first-order valence-corrected chi connectivity index (χ1v) is 6.47.